The summed E-state index contributed by atoms with van der Waals surface area (Å²) in [6.07, 6.45) is 0. The Labute approximate surface area is 227 Å². The molecule has 0 spiro atoms. The average Bonchev–Trinajstić information content (AvgIpc) is 3.38. The first kappa shape index (κ1) is 25.9. The van der Waals surface area contributed by atoms with Gasteiger partial charge in [0.2, 0.25) is 0 Å². The van der Waals surface area contributed by atoms with Gasteiger partial charge in [-0.2, -0.15) is 4.98 Å². The fourth-order valence-electron chi connectivity index (χ4n) is 4.06. The number of carbonyl (C=O) groups is 1. The van der Waals surface area contributed by atoms with Gasteiger partial charge in [-0.1, -0.05) is 66.7 Å². The number of oxazole rings is 1. The van der Waals surface area contributed by atoms with E-state index in [-0.39, 0.29) is 0 Å². The maximum absolute atomic E-state index is 11.4. The summed E-state index contributed by atoms with van der Waals surface area (Å²) in [4.78, 5) is 18.2. The van der Waals surface area contributed by atoms with E-state index in [2.05, 4.69) is 4.90 Å². The minimum absolute atomic E-state index is 0.491. The van der Waals surface area contributed by atoms with Crippen molar-refractivity contribution in [3.05, 3.63) is 120 Å². The van der Waals surface area contributed by atoms with Crippen LogP contribution in [0.1, 0.15) is 30.5 Å². The number of hydrogen-bond donors (Lipinski definition) is 1. The molecule has 0 radical (unpaired) electrons. The number of aliphatic carboxylic acids is 1. The predicted octanol–water partition coefficient (Wildman–Crippen LogP) is 6.86. The second-order valence-corrected chi connectivity index (χ2v) is 9.80. The van der Waals surface area contributed by atoms with E-state index in [1.54, 1.807) is 12.1 Å². The summed E-state index contributed by atoms with van der Waals surface area (Å²) in [5, 5.41) is 9.34. The monoisotopic (exact) mass is 522 g/mol. The predicted molar refractivity (Wildman–Crippen MR) is 150 cm³/mol. The molecule has 198 valence electrons. The molecule has 1 heterocycles. The van der Waals surface area contributed by atoms with Crippen LogP contribution in [0.15, 0.2) is 108 Å². The van der Waals surface area contributed by atoms with Gasteiger partial charge in [0.1, 0.15) is 23.6 Å². The number of anilines is 1. The highest BCUT2D eigenvalue weighted by Gasteiger charge is 2.29. The molecule has 7 nitrogen and oxygen atoms in total. The summed E-state index contributed by atoms with van der Waals surface area (Å²) in [6, 6.07) is 33.7. The Balaban J connectivity index is 1.32. The molecule has 1 aromatic heterocycles. The van der Waals surface area contributed by atoms with Crippen molar-refractivity contribution in [3.63, 3.8) is 0 Å². The van der Waals surface area contributed by atoms with Crippen molar-refractivity contribution in [2.45, 2.75) is 39.1 Å². The molecule has 5 rings (SSSR count). The lowest BCUT2D eigenvalue weighted by Crippen LogP contribution is -2.37. The highest BCUT2D eigenvalue weighted by molar-refractivity contribution is 5.76. The van der Waals surface area contributed by atoms with E-state index in [1.165, 1.54) is 13.8 Å². The maximum atomic E-state index is 11.4. The van der Waals surface area contributed by atoms with E-state index in [4.69, 9.17) is 18.9 Å². The number of para-hydroxylation sites is 2. The van der Waals surface area contributed by atoms with Crippen LogP contribution in [0.4, 0.5) is 6.01 Å². The van der Waals surface area contributed by atoms with Crippen LogP contribution in [-0.2, 0) is 24.5 Å². The largest absolute Gasteiger partial charge is 0.489 e. The lowest BCUT2D eigenvalue weighted by molar-refractivity contribution is -0.152. The molecule has 7 heteroatoms. The molecule has 39 heavy (non-hydrogen) atoms. The Bertz CT molecular complexity index is 1490. The molecule has 5 aromatic rings. The number of hydrogen-bond acceptors (Lipinski definition) is 6. The number of benzene rings is 4. The van der Waals surface area contributed by atoms with Gasteiger partial charge in [-0.15, -0.1) is 0 Å². The average molecular weight is 523 g/mol. The third-order valence-corrected chi connectivity index (χ3v) is 6.28. The zero-order valence-corrected chi connectivity index (χ0v) is 21.9. The molecule has 0 saturated heterocycles. The number of nitrogens with zero attached hydrogens (tertiary/aromatic N) is 2. The first-order valence-electron chi connectivity index (χ1n) is 12.7. The number of ether oxygens (including phenoxy) is 2. The lowest BCUT2D eigenvalue weighted by Gasteiger charge is -2.23. The molecule has 0 aliphatic carbocycles. The van der Waals surface area contributed by atoms with Crippen molar-refractivity contribution in [1.82, 2.24) is 4.98 Å². The molecule has 0 unspecified atom stereocenters. The van der Waals surface area contributed by atoms with Crippen LogP contribution in [-0.4, -0.2) is 21.7 Å². The van der Waals surface area contributed by atoms with Crippen LogP contribution in [0.3, 0.4) is 0 Å². The normalized spacial score (nSPS) is 11.3. The Hall–Kier alpha value is -4.78. The summed E-state index contributed by atoms with van der Waals surface area (Å²) >= 11 is 0. The van der Waals surface area contributed by atoms with Crippen molar-refractivity contribution >= 4 is 23.1 Å². The highest BCUT2D eigenvalue weighted by Crippen LogP contribution is 2.27. The van der Waals surface area contributed by atoms with Crippen LogP contribution >= 0.6 is 0 Å². The van der Waals surface area contributed by atoms with E-state index >= 15 is 0 Å². The lowest BCUT2D eigenvalue weighted by atomic mass is 10.1. The van der Waals surface area contributed by atoms with Gasteiger partial charge in [0.05, 0.1) is 0 Å². The van der Waals surface area contributed by atoms with E-state index in [0.29, 0.717) is 31.5 Å². The number of fused-ring (bicyclic) bond motifs is 1. The van der Waals surface area contributed by atoms with Crippen molar-refractivity contribution in [2.24, 2.45) is 0 Å². The van der Waals surface area contributed by atoms with Gasteiger partial charge >= 0.3 is 5.97 Å². The zero-order chi connectivity index (χ0) is 27.2. The van der Waals surface area contributed by atoms with Gasteiger partial charge < -0.3 is 23.9 Å². The minimum Gasteiger partial charge on any atom is -0.489 e. The molecular formula is C32H30N2O5. The highest BCUT2D eigenvalue weighted by atomic mass is 16.5. The summed E-state index contributed by atoms with van der Waals surface area (Å²) in [5.74, 6) is 0.270. The summed E-state index contributed by atoms with van der Waals surface area (Å²) in [7, 11) is 0. The Morgan fingerprint density at radius 1 is 0.795 bits per heavy atom. The Morgan fingerprint density at radius 3 is 2.00 bits per heavy atom. The number of aromatic nitrogens is 1. The number of carboxylic acid groups (broad SMARTS) is 1. The van der Waals surface area contributed by atoms with Gasteiger partial charge in [-0.05, 0) is 66.9 Å². The van der Waals surface area contributed by atoms with Crippen LogP contribution < -0.4 is 14.4 Å². The van der Waals surface area contributed by atoms with Crippen molar-refractivity contribution in [1.29, 1.82) is 0 Å². The molecule has 0 aliphatic heterocycles. The van der Waals surface area contributed by atoms with Crippen LogP contribution in [0, 0.1) is 0 Å². The van der Waals surface area contributed by atoms with Crippen molar-refractivity contribution < 1.29 is 23.8 Å². The SMILES string of the molecule is CC(C)(Oc1ccc(CN(Cc2ccc(OCc3ccccc3)cc2)c2nc3ccccc3o2)cc1)C(=O)O. The van der Waals surface area contributed by atoms with Gasteiger partial charge in [0.15, 0.2) is 11.2 Å². The van der Waals surface area contributed by atoms with Gasteiger partial charge in [-0.25, -0.2) is 4.79 Å². The number of rotatable bonds is 11. The maximum Gasteiger partial charge on any atom is 0.347 e. The second-order valence-electron chi connectivity index (χ2n) is 9.80. The summed E-state index contributed by atoms with van der Waals surface area (Å²) < 4.78 is 17.7. The fraction of sp³-hybridized carbons (Fsp3) is 0.188. The summed E-state index contributed by atoms with van der Waals surface area (Å²) in [5.41, 5.74) is 3.39. The third-order valence-electron chi connectivity index (χ3n) is 6.28. The van der Waals surface area contributed by atoms with Crippen molar-refractivity contribution in [3.8, 4) is 11.5 Å². The van der Waals surface area contributed by atoms with Gasteiger partial charge in [-0.3, -0.25) is 0 Å². The standard InChI is InChI=1S/C32H30N2O5/c1-32(2,30(35)36)39-27-18-14-24(15-19-27)21-34(31-33-28-10-6-7-11-29(28)38-31)20-23-12-16-26(17-13-23)37-22-25-8-4-3-5-9-25/h3-19H,20-22H2,1-2H3,(H,35,36). The molecular weight excluding hydrogens is 492 g/mol. The van der Waals surface area contributed by atoms with Gasteiger partial charge in [0.25, 0.3) is 6.01 Å². The molecule has 0 fully saturated rings. The molecule has 0 atom stereocenters. The van der Waals surface area contributed by atoms with Crippen LogP contribution in [0.2, 0.25) is 0 Å². The zero-order valence-electron chi connectivity index (χ0n) is 21.9. The first-order valence-corrected chi connectivity index (χ1v) is 12.7. The van der Waals surface area contributed by atoms with E-state index in [9.17, 15) is 9.90 Å². The Morgan fingerprint density at radius 2 is 1.38 bits per heavy atom. The number of carboxylic acids is 1. The van der Waals surface area contributed by atoms with E-state index < -0.39 is 11.6 Å². The smallest absolute Gasteiger partial charge is 0.347 e. The minimum atomic E-state index is -1.32. The van der Waals surface area contributed by atoms with E-state index in [0.717, 1.165) is 33.5 Å². The summed E-state index contributed by atoms with van der Waals surface area (Å²) in [6.45, 7) is 4.66. The van der Waals surface area contributed by atoms with Crippen LogP contribution in [0.5, 0.6) is 11.5 Å². The quantitative estimate of drug-likeness (QED) is 0.203. The molecule has 0 bridgehead atoms. The second kappa shape index (κ2) is 11.3. The van der Waals surface area contributed by atoms with E-state index in [1.807, 2.05) is 91.0 Å². The van der Waals surface area contributed by atoms with Crippen LogP contribution in [0.25, 0.3) is 11.1 Å². The van der Waals surface area contributed by atoms with Gasteiger partial charge in [0, 0.05) is 13.1 Å². The molecule has 0 saturated carbocycles. The van der Waals surface area contributed by atoms with Crippen molar-refractivity contribution in [2.75, 3.05) is 4.90 Å². The molecule has 4 aromatic carbocycles. The fourth-order valence-corrected chi connectivity index (χ4v) is 4.06. The molecule has 0 aliphatic rings. The molecule has 1 N–H and O–H groups in total. The Kier molecular flexibility index (Phi) is 7.50. The topological polar surface area (TPSA) is 85.0 Å². The first-order chi connectivity index (χ1) is 18.9. The third kappa shape index (κ3) is 6.57. The molecule has 0 amide bonds.